The average Bonchev–Trinajstić information content (AvgIpc) is 2.86. The highest BCUT2D eigenvalue weighted by Gasteiger charge is 2.41. The summed E-state index contributed by atoms with van der Waals surface area (Å²) in [6.45, 7) is 2.90. The molecule has 2 atom stereocenters. The van der Waals surface area contributed by atoms with Crippen molar-refractivity contribution in [1.29, 1.82) is 0 Å². The Kier molecular flexibility index (Phi) is 5.59. The zero-order valence-corrected chi connectivity index (χ0v) is 15.7. The Labute approximate surface area is 152 Å². The zero-order valence-electron chi connectivity index (χ0n) is 14.1. The average molecular weight is 393 g/mol. The first-order chi connectivity index (χ1) is 11.5. The van der Waals surface area contributed by atoms with Gasteiger partial charge in [0.25, 0.3) is 0 Å². The van der Waals surface area contributed by atoms with Crippen molar-refractivity contribution in [2.24, 2.45) is 11.8 Å². The maximum Gasteiger partial charge on any atom is 0.226 e. The molecule has 4 nitrogen and oxygen atoms in total. The summed E-state index contributed by atoms with van der Waals surface area (Å²) in [5, 5.41) is 2.90. The van der Waals surface area contributed by atoms with Gasteiger partial charge in [0, 0.05) is 29.2 Å². The number of carbonyl (C=O) groups is 2. The molecule has 3 rings (SSSR count). The van der Waals surface area contributed by atoms with Gasteiger partial charge in [-0.15, -0.1) is 0 Å². The Morgan fingerprint density at radius 1 is 1.21 bits per heavy atom. The molecule has 1 heterocycles. The lowest BCUT2D eigenvalue weighted by atomic mass is 9.93. The van der Waals surface area contributed by atoms with E-state index >= 15 is 0 Å². The summed E-state index contributed by atoms with van der Waals surface area (Å²) >= 11 is 3.38. The van der Waals surface area contributed by atoms with Crippen LogP contribution in [-0.4, -0.2) is 29.3 Å². The van der Waals surface area contributed by atoms with Gasteiger partial charge in [-0.2, -0.15) is 0 Å². The summed E-state index contributed by atoms with van der Waals surface area (Å²) in [6, 6.07) is 7.90. The third-order valence-corrected chi connectivity index (χ3v) is 5.85. The van der Waals surface area contributed by atoms with Crippen molar-refractivity contribution in [2.75, 3.05) is 11.9 Å². The van der Waals surface area contributed by atoms with Crippen molar-refractivity contribution < 1.29 is 9.59 Å². The summed E-state index contributed by atoms with van der Waals surface area (Å²) in [6.07, 6.45) is 6.24. The van der Waals surface area contributed by atoms with Crippen molar-refractivity contribution in [1.82, 2.24) is 4.90 Å². The van der Waals surface area contributed by atoms with Gasteiger partial charge in [-0.25, -0.2) is 0 Å². The number of nitrogens with zero attached hydrogens (tertiary/aromatic N) is 1. The van der Waals surface area contributed by atoms with Crippen molar-refractivity contribution in [3.63, 3.8) is 0 Å². The molecule has 1 aliphatic heterocycles. The van der Waals surface area contributed by atoms with Crippen LogP contribution >= 0.6 is 15.9 Å². The second kappa shape index (κ2) is 7.68. The van der Waals surface area contributed by atoms with Gasteiger partial charge in [0.2, 0.25) is 11.8 Å². The molecule has 0 bridgehead atoms. The fourth-order valence-corrected chi connectivity index (χ4v) is 4.20. The van der Waals surface area contributed by atoms with Gasteiger partial charge in [0.15, 0.2) is 0 Å². The lowest BCUT2D eigenvalue weighted by molar-refractivity contribution is -0.135. The Balaban J connectivity index is 1.58. The first kappa shape index (κ1) is 17.5. The molecule has 1 aromatic rings. The van der Waals surface area contributed by atoms with Crippen LogP contribution in [0.25, 0.3) is 0 Å². The molecule has 0 radical (unpaired) electrons. The van der Waals surface area contributed by atoms with Gasteiger partial charge in [-0.05, 0) is 43.0 Å². The highest BCUT2D eigenvalue weighted by atomic mass is 79.9. The maximum atomic E-state index is 12.8. The molecular weight excluding hydrogens is 368 g/mol. The normalized spacial score (nSPS) is 25.1. The first-order valence-corrected chi connectivity index (χ1v) is 9.70. The van der Waals surface area contributed by atoms with E-state index in [2.05, 4.69) is 33.1 Å². The van der Waals surface area contributed by atoms with Crippen LogP contribution < -0.4 is 5.32 Å². The van der Waals surface area contributed by atoms with E-state index in [0.29, 0.717) is 6.04 Å². The summed E-state index contributed by atoms with van der Waals surface area (Å²) in [5.41, 5.74) is 0.769. The Morgan fingerprint density at radius 2 is 1.88 bits per heavy atom. The zero-order chi connectivity index (χ0) is 17.1. The largest absolute Gasteiger partial charge is 0.339 e. The van der Waals surface area contributed by atoms with Crippen molar-refractivity contribution >= 4 is 33.4 Å². The predicted octanol–water partition coefficient (Wildman–Crippen LogP) is 4.20. The Hall–Kier alpha value is -1.36. The van der Waals surface area contributed by atoms with Gasteiger partial charge in [-0.3, -0.25) is 9.59 Å². The van der Waals surface area contributed by atoms with Crippen LogP contribution in [0, 0.1) is 11.8 Å². The minimum atomic E-state index is -0.178. The summed E-state index contributed by atoms with van der Waals surface area (Å²) in [5.74, 6) is 0.172. The van der Waals surface area contributed by atoms with Crippen LogP contribution in [0.5, 0.6) is 0 Å². The number of anilines is 1. The number of likely N-dealkylation sites (tertiary alicyclic amines) is 1. The fourth-order valence-electron chi connectivity index (χ4n) is 3.94. The summed E-state index contributed by atoms with van der Waals surface area (Å²) in [4.78, 5) is 27.2. The SMILES string of the molecule is C[C@H]1CN(C2CCCCC2)C(=O)[C@H]1CC(=O)Nc1ccc(Br)cc1. The van der Waals surface area contributed by atoms with Crippen LogP contribution in [0.3, 0.4) is 0 Å². The molecule has 1 N–H and O–H groups in total. The molecule has 2 fully saturated rings. The molecule has 0 spiro atoms. The molecule has 24 heavy (non-hydrogen) atoms. The number of halogens is 1. The van der Waals surface area contributed by atoms with Crippen LogP contribution in [0.15, 0.2) is 28.7 Å². The molecule has 1 saturated heterocycles. The number of rotatable bonds is 4. The second-order valence-electron chi connectivity index (χ2n) is 7.13. The number of hydrogen-bond acceptors (Lipinski definition) is 2. The molecule has 130 valence electrons. The van der Waals surface area contributed by atoms with E-state index in [9.17, 15) is 9.59 Å². The number of hydrogen-bond donors (Lipinski definition) is 1. The van der Waals surface area contributed by atoms with Crippen LogP contribution in [0.4, 0.5) is 5.69 Å². The van der Waals surface area contributed by atoms with Gasteiger partial charge in [-0.1, -0.05) is 42.1 Å². The van der Waals surface area contributed by atoms with Crippen LogP contribution in [-0.2, 0) is 9.59 Å². The molecule has 2 aliphatic rings. The minimum absolute atomic E-state index is 0.0759. The third-order valence-electron chi connectivity index (χ3n) is 5.32. The van der Waals surface area contributed by atoms with E-state index < -0.39 is 0 Å². The smallest absolute Gasteiger partial charge is 0.226 e. The van der Waals surface area contributed by atoms with Crippen molar-refractivity contribution in [3.8, 4) is 0 Å². The molecule has 1 aromatic carbocycles. The molecule has 0 unspecified atom stereocenters. The molecule has 2 amide bonds. The van der Waals surface area contributed by atoms with E-state index in [1.807, 2.05) is 24.3 Å². The first-order valence-electron chi connectivity index (χ1n) is 8.90. The molecule has 1 aliphatic carbocycles. The van der Waals surface area contributed by atoms with Crippen molar-refractivity contribution in [3.05, 3.63) is 28.7 Å². The maximum absolute atomic E-state index is 12.8. The number of nitrogens with one attached hydrogen (secondary N) is 1. The number of carbonyl (C=O) groups excluding carboxylic acids is 2. The molecule has 5 heteroatoms. The lowest BCUT2D eigenvalue weighted by Gasteiger charge is -2.31. The summed E-state index contributed by atoms with van der Waals surface area (Å²) < 4.78 is 0.975. The van der Waals surface area contributed by atoms with Crippen molar-refractivity contribution in [2.45, 2.75) is 51.5 Å². The topological polar surface area (TPSA) is 49.4 Å². The van der Waals surface area contributed by atoms with Crippen LogP contribution in [0.1, 0.15) is 45.4 Å². The van der Waals surface area contributed by atoms with E-state index in [1.54, 1.807) is 0 Å². The van der Waals surface area contributed by atoms with E-state index in [0.717, 1.165) is 29.5 Å². The summed E-state index contributed by atoms with van der Waals surface area (Å²) in [7, 11) is 0. The Morgan fingerprint density at radius 3 is 2.54 bits per heavy atom. The van der Waals surface area contributed by atoms with Gasteiger partial charge in [0.1, 0.15) is 0 Å². The van der Waals surface area contributed by atoms with Crippen LogP contribution in [0.2, 0.25) is 0 Å². The molecule has 1 saturated carbocycles. The van der Waals surface area contributed by atoms with Gasteiger partial charge in [0.05, 0.1) is 5.92 Å². The molecular formula is C19H25BrN2O2. The van der Waals surface area contributed by atoms with E-state index in [-0.39, 0.29) is 30.1 Å². The fraction of sp³-hybridized carbons (Fsp3) is 0.579. The van der Waals surface area contributed by atoms with E-state index in [4.69, 9.17) is 0 Å². The standard InChI is InChI=1S/C19H25BrN2O2/c1-13-12-22(16-5-3-2-4-6-16)19(24)17(13)11-18(23)21-15-9-7-14(20)8-10-15/h7-10,13,16-17H,2-6,11-12H2,1H3,(H,21,23)/t13-,17-/m0/s1. The van der Waals surface area contributed by atoms with Gasteiger partial charge < -0.3 is 10.2 Å². The van der Waals surface area contributed by atoms with E-state index in [1.165, 1.54) is 19.3 Å². The monoisotopic (exact) mass is 392 g/mol. The predicted molar refractivity (Wildman–Crippen MR) is 98.6 cm³/mol. The highest BCUT2D eigenvalue weighted by Crippen LogP contribution is 2.33. The molecule has 0 aromatic heterocycles. The number of amides is 2. The second-order valence-corrected chi connectivity index (χ2v) is 8.04. The van der Waals surface area contributed by atoms with Gasteiger partial charge >= 0.3 is 0 Å². The minimum Gasteiger partial charge on any atom is -0.339 e. The number of benzene rings is 1. The Bertz CT molecular complexity index is 596. The highest BCUT2D eigenvalue weighted by molar-refractivity contribution is 9.10. The lowest BCUT2D eigenvalue weighted by Crippen LogP contribution is -2.39. The third kappa shape index (κ3) is 4.00. The quantitative estimate of drug-likeness (QED) is 0.834.